The van der Waals surface area contributed by atoms with E-state index >= 15 is 0 Å². The van der Waals surface area contributed by atoms with Gasteiger partial charge in [0.25, 0.3) is 5.92 Å². The lowest BCUT2D eigenvalue weighted by Crippen LogP contribution is -2.39. The number of rotatable bonds is 6. The molecule has 1 saturated carbocycles. The highest BCUT2D eigenvalue weighted by atomic mass is 32.2. The van der Waals surface area contributed by atoms with Crippen molar-refractivity contribution >= 4 is 26.4 Å². The molecule has 3 aromatic rings. The molecule has 218 valence electrons. The van der Waals surface area contributed by atoms with E-state index in [0.29, 0.717) is 28.8 Å². The van der Waals surface area contributed by atoms with Gasteiger partial charge in [-0.2, -0.15) is 0 Å². The molecule has 0 bridgehead atoms. The van der Waals surface area contributed by atoms with Gasteiger partial charge in [0, 0.05) is 68.2 Å². The summed E-state index contributed by atoms with van der Waals surface area (Å²) in [6.45, 7) is 4.04. The van der Waals surface area contributed by atoms with Crippen LogP contribution in [0.15, 0.2) is 49.1 Å². The smallest absolute Gasteiger partial charge is 0.251 e. The first-order valence-corrected chi connectivity index (χ1v) is 15.4. The molecule has 0 unspecified atom stereocenters. The lowest BCUT2D eigenvalue weighted by atomic mass is 9.92. The second kappa shape index (κ2) is 10.1. The molecule has 2 saturated heterocycles. The van der Waals surface area contributed by atoms with Crippen LogP contribution in [0.1, 0.15) is 49.8 Å². The number of piperidine rings is 2. The number of alkyl halides is 2. The summed E-state index contributed by atoms with van der Waals surface area (Å²) < 4.78 is 53.6. The summed E-state index contributed by atoms with van der Waals surface area (Å²) in [6, 6.07) is 8.99. The summed E-state index contributed by atoms with van der Waals surface area (Å²) in [7, 11) is -4.14. The molecule has 2 aromatic heterocycles. The average Bonchev–Trinajstić information content (AvgIpc) is 3.48. The number of aryl methyl sites for hydroxylation is 1. The molecular weight excluding hydrogens is 550 g/mol. The summed E-state index contributed by atoms with van der Waals surface area (Å²) in [4.78, 5) is 13.1. The molecule has 9 nitrogen and oxygen atoms in total. The van der Waals surface area contributed by atoms with Crippen LogP contribution in [0.2, 0.25) is 0 Å². The van der Waals surface area contributed by atoms with Crippen molar-refractivity contribution in [1.82, 2.24) is 14.5 Å². The lowest BCUT2D eigenvalue weighted by molar-refractivity contribution is -0.0221. The maximum Gasteiger partial charge on any atom is 0.251 e. The minimum atomic E-state index is -4.14. The van der Waals surface area contributed by atoms with Crippen LogP contribution in [0, 0.1) is 12.3 Å². The van der Waals surface area contributed by atoms with Crippen LogP contribution in [0.25, 0.3) is 21.8 Å². The second-order valence-electron chi connectivity index (χ2n) is 11.6. The molecule has 3 aliphatic rings. The molecule has 0 amide bonds. The normalized spacial score (nSPS) is 20.4. The number of primary sulfonamides is 1. The highest BCUT2D eigenvalue weighted by Gasteiger charge is 2.44. The van der Waals surface area contributed by atoms with Gasteiger partial charge in [0.15, 0.2) is 0 Å². The van der Waals surface area contributed by atoms with Crippen molar-refractivity contribution in [2.45, 2.75) is 51.4 Å². The van der Waals surface area contributed by atoms with E-state index in [1.165, 1.54) is 12.8 Å². The van der Waals surface area contributed by atoms with Crippen LogP contribution in [0.5, 0.6) is 0 Å². The number of nitrogens with two attached hydrogens (primary N) is 1. The van der Waals surface area contributed by atoms with Gasteiger partial charge < -0.3 is 19.5 Å². The van der Waals surface area contributed by atoms with E-state index in [-0.39, 0.29) is 30.8 Å². The quantitative estimate of drug-likeness (QED) is 0.392. The minimum absolute atomic E-state index is 0.192. The first kappa shape index (κ1) is 27.6. The summed E-state index contributed by atoms with van der Waals surface area (Å²) in [5.41, 5.74) is 4.69. The zero-order chi connectivity index (χ0) is 29.0. The maximum atomic E-state index is 13.7. The molecule has 3 fully saturated rings. The summed E-state index contributed by atoms with van der Waals surface area (Å²) in [5, 5.41) is 15.0. The fourth-order valence-electron chi connectivity index (χ4n) is 5.98. The maximum absolute atomic E-state index is 13.7. The standard InChI is InChI=1S/C29H34F2N6O3S/c1-20-14-22(16-27(34-20)36-12-8-29(30,31)9-13-36)37-17-24(33-19-37)23-3-2-21(26(18-38)41(32,39)40)15-25(23)35-10-6-28(4-5-28)7-11-35/h2-3,14-19,38H,4-13H2,1H3,(H2,32,39,40). The first-order valence-electron chi connectivity index (χ1n) is 13.9. The Morgan fingerprint density at radius 3 is 2.32 bits per heavy atom. The van der Waals surface area contributed by atoms with Gasteiger partial charge in [-0.25, -0.2) is 32.3 Å². The molecule has 1 spiro atoms. The number of aliphatic hydroxyl groups excluding tert-OH is 1. The number of nitrogens with zero attached hydrogens (tertiary/aromatic N) is 5. The van der Waals surface area contributed by atoms with Gasteiger partial charge in [-0.1, -0.05) is 12.1 Å². The van der Waals surface area contributed by atoms with Gasteiger partial charge in [0.05, 0.1) is 24.0 Å². The minimum Gasteiger partial charge on any atom is -0.514 e. The van der Waals surface area contributed by atoms with E-state index in [1.807, 2.05) is 40.8 Å². The predicted molar refractivity (Wildman–Crippen MR) is 155 cm³/mol. The van der Waals surface area contributed by atoms with Gasteiger partial charge in [0.1, 0.15) is 10.7 Å². The van der Waals surface area contributed by atoms with Crippen LogP contribution in [-0.4, -0.2) is 60.2 Å². The number of hydrogen-bond donors (Lipinski definition) is 2. The Balaban J connectivity index is 1.34. The third-order valence-electron chi connectivity index (χ3n) is 8.73. The summed E-state index contributed by atoms with van der Waals surface area (Å²) in [5.74, 6) is -1.98. The molecule has 1 aliphatic carbocycles. The zero-order valence-corrected chi connectivity index (χ0v) is 23.7. The largest absolute Gasteiger partial charge is 0.514 e. The van der Waals surface area contributed by atoms with Gasteiger partial charge in [-0.05, 0) is 55.7 Å². The number of anilines is 2. The van der Waals surface area contributed by atoms with Crippen LogP contribution < -0.4 is 14.9 Å². The highest BCUT2D eigenvalue weighted by molar-refractivity contribution is 7.98. The number of imidazole rings is 1. The molecule has 41 heavy (non-hydrogen) atoms. The van der Waals surface area contributed by atoms with Crippen LogP contribution >= 0.6 is 0 Å². The van der Waals surface area contributed by atoms with Gasteiger partial charge in [-0.15, -0.1) is 0 Å². The molecule has 2 aliphatic heterocycles. The van der Waals surface area contributed by atoms with E-state index in [0.717, 1.165) is 48.6 Å². The van der Waals surface area contributed by atoms with Crippen LogP contribution in [0.4, 0.5) is 20.3 Å². The SMILES string of the molecule is Cc1cc(-n2cnc(-c3ccc(C(=CO)S(N)(=O)=O)cc3N3CCC4(CC3)CC4)c2)cc(N2CCC(F)(F)CC2)n1. The molecule has 0 radical (unpaired) electrons. The summed E-state index contributed by atoms with van der Waals surface area (Å²) in [6.07, 6.45) is 8.41. The molecule has 12 heteroatoms. The molecule has 3 N–H and O–H groups in total. The number of pyridine rings is 1. The molecule has 0 atom stereocenters. The Hall–Kier alpha value is -3.51. The molecule has 4 heterocycles. The first-order chi connectivity index (χ1) is 19.5. The van der Waals surface area contributed by atoms with Gasteiger partial charge in [0.2, 0.25) is 10.0 Å². The van der Waals surface area contributed by atoms with Crippen molar-refractivity contribution in [2.24, 2.45) is 10.6 Å². The number of aliphatic hydroxyl groups is 1. The number of benzene rings is 1. The van der Waals surface area contributed by atoms with E-state index in [2.05, 4.69) is 14.9 Å². The molecular formula is C29H34F2N6O3S. The Labute approximate surface area is 238 Å². The Kier molecular flexibility index (Phi) is 6.80. The third kappa shape index (κ3) is 5.67. The predicted octanol–water partition coefficient (Wildman–Crippen LogP) is 5.00. The van der Waals surface area contributed by atoms with Crippen molar-refractivity contribution in [2.75, 3.05) is 36.0 Å². The van der Waals surface area contributed by atoms with Crippen LogP contribution in [-0.2, 0) is 10.0 Å². The monoisotopic (exact) mass is 584 g/mol. The number of halogens is 2. The van der Waals surface area contributed by atoms with E-state index in [4.69, 9.17) is 5.14 Å². The van der Waals surface area contributed by atoms with Gasteiger partial charge >= 0.3 is 0 Å². The lowest BCUT2D eigenvalue weighted by Gasteiger charge is -2.35. The fraction of sp³-hybridized carbons (Fsp3) is 0.448. The van der Waals surface area contributed by atoms with E-state index < -0.39 is 15.9 Å². The molecule has 1 aromatic carbocycles. The van der Waals surface area contributed by atoms with Crippen molar-refractivity contribution < 1.29 is 22.3 Å². The molecule has 6 rings (SSSR count). The van der Waals surface area contributed by atoms with E-state index in [9.17, 15) is 22.3 Å². The Bertz CT molecular complexity index is 1600. The number of sulfonamides is 1. The van der Waals surface area contributed by atoms with Gasteiger partial charge in [-0.3, -0.25) is 0 Å². The van der Waals surface area contributed by atoms with Crippen molar-refractivity contribution in [3.8, 4) is 16.9 Å². The Morgan fingerprint density at radius 2 is 1.68 bits per heavy atom. The fourth-order valence-corrected chi connectivity index (χ4v) is 6.59. The Morgan fingerprint density at radius 1 is 1.00 bits per heavy atom. The number of hydrogen-bond acceptors (Lipinski definition) is 7. The number of aromatic nitrogens is 3. The summed E-state index contributed by atoms with van der Waals surface area (Å²) >= 11 is 0. The van der Waals surface area contributed by atoms with Crippen molar-refractivity contribution in [1.29, 1.82) is 0 Å². The van der Waals surface area contributed by atoms with E-state index in [1.54, 1.807) is 18.5 Å². The third-order valence-corrected chi connectivity index (χ3v) is 9.68. The topological polar surface area (TPSA) is 118 Å². The second-order valence-corrected chi connectivity index (χ2v) is 13.1. The van der Waals surface area contributed by atoms with Crippen LogP contribution in [0.3, 0.4) is 0 Å². The zero-order valence-electron chi connectivity index (χ0n) is 22.9. The van der Waals surface area contributed by atoms with Crippen molar-refractivity contribution in [3.63, 3.8) is 0 Å². The highest BCUT2D eigenvalue weighted by Crippen LogP contribution is 2.54. The average molecular weight is 585 g/mol. The van der Waals surface area contributed by atoms with Crippen molar-refractivity contribution in [3.05, 3.63) is 60.4 Å².